The van der Waals surface area contributed by atoms with Gasteiger partial charge in [-0.05, 0) is 25.7 Å². The van der Waals surface area contributed by atoms with Gasteiger partial charge in [0.25, 0.3) is 5.91 Å². The van der Waals surface area contributed by atoms with Gasteiger partial charge in [0.1, 0.15) is 5.71 Å². The van der Waals surface area contributed by atoms with Crippen LogP contribution in [0.2, 0.25) is 0 Å². The molecule has 8 heteroatoms. The van der Waals surface area contributed by atoms with Gasteiger partial charge in [0.05, 0.1) is 0 Å². The van der Waals surface area contributed by atoms with Crippen molar-refractivity contribution in [1.29, 1.82) is 0 Å². The molecule has 0 unspecified atom stereocenters. The molecule has 8 nitrogen and oxygen atoms in total. The number of nitrogens with zero attached hydrogens (tertiary/aromatic N) is 2. The third-order valence-electron chi connectivity index (χ3n) is 4.96. The average molecular weight is 335 g/mol. The van der Waals surface area contributed by atoms with Crippen molar-refractivity contribution in [1.82, 2.24) is 21.0 Å². The normalized spacial score (nSPS) is 22.8. The second-order valence-corrected chi connectivity index (χ2v) is 6.76. The van der Waals surface area contributed by atoms with E-state index in [1.54, 1.807) is 4.90 Å². The summed E-state index contributed by atoms with van der Waals surface area (Å²) in [6.07, 6.45) is 6.70. The minimum atomic E-state index is -0.150. The monoisotopic (exact) mass is 335 g/mol. The van der Waals surface area contributed by atoms with Crippen LogP contribution >= 0.6 is 0 Å². The largest absolute Gasteiger partial charge is 0.337 e. The standard InChI is InChI=1S/C16H25N5O3/c22-14-6-5-13(19-20-14)15(23)21-9-7-12(8-10-21)18-16(24)17-11-3-1-2-4-11/h11-12H,1-10H2,(H,20,22)(H2,17,18,24). The lowest BCUT2D eigenvalue weighted by Crippen LogP contribution is -2.51. The maximum atomic E-state index is 12.4. The molecule has 3 rings (SSSR count). The molecule has 4 amide bonds. The van der Waals surface area contributed by atoms with Crippen molar-refractivity contribution in [2.75, 3.05) is 13.1 Å². The van der Waals surface area contributed by atoms with Gasteiger partial charge < -0.3 is 15.5 Å². The van der Waals surface area contributed by atoms with Crippen molar-refractivity contribution in [2.24, 2.45) is 5.10 Å². The third kappa shape index (κ3) is 4.24. The van der Waals surface area contributed by atoms with Crippen LogP contribution in [-0.2, 0) is 9.59 Å². The second kappa shape index (κ2) is 7.63. The highest BCUT2D eigenvalue weighted by atomic mass is 16.2. The summed E-state index contributed by atoms with van der Waals surface area (Å²) in [5.41, 5.74) is 2.77. The van der Waals surface area contributed by atoms with Gasteiger partial charge in [0.2, 0.25) is 5.91 Å². The molecule has 2 heterocycles. The van der Waals surface area contributed by atoms with Crippen molar-refractivity contribution in [3.05, 3.63) is 0 Å². The lowest BCUT2D eigenvalue weighted by Gasteiger charge is -2.33. The number of hydrogen-bond acceptors (Lipinski definition) is 4. The first-order chi connectivity index (χ1) is 11.6. The molecule has 0 radical (unpaired) electrons. The highest BCUT2D eigenvalue weighted by molar-refractivity contribution is 6.39. The Labute approximate surface area is 141 Å². The van der Waals surface area contributed by atoms with Crippen LogP contribution in [0.4, 0.5) is 4.79 Å². The molecule has 132 valence electrons. The molecule has 2 aliphatic heterocycles. The van der Waals surface area contributed by atoms with Crippen LogP contribution in [0.15, 0.2) is 5.10 Å². The Morgan fingerprint density at radius 3 is 2.21 bits per heavy atom. The van der Waals surface area contributed by atoms with Gasteiger partial charge in [-0.15, -0.1) is 0 Å². The van der Waals surface area contributed by atoms with Crippen molar-refractivity contribution in [2.45, 2.75) is 63.5 Å². The molecule has 3 aliphatic rings. The number of amides is 4. The third-order valence-corrected chi connectivity index (χ3v) is 4.96. The number of hydrazone groups is 1. The Bertz CT molecular complexity index is 534. The molecule has 0 bridgehead atoms. The van der Waals surface area contributed by atoms with E-state index in [1.165, 1.54) is 12.8 Å². The number of urea groups is 1. The van der Waals surface area contributed by atoms with Gasteiger partial charge in [0.15, 0.2) is 0 Å². The van der Waals surface area contributed by atoms with Crippen LogP contribution in [0, 0.1) is 0 Å². The Morgan fingerprint density at radius 1 is 1.00 bits per heavy atom. The van der Waals surface area contributed by atoms with Gasteiger partial charge in [-0.3, -0.25) is 9.59 Å². The fourth-order valence-electron chi connectivity index (χ4n) is 3.52. The van der Waals surface area contributed by atoms with E-state index >= 15 is 0 Å². The Kier molecular flexibility index (Phi) is 5.32. The molecule has 0 aromatic rings. The van der Waals surface area contributed by atoms with Gasteiger partial charge in [-0.2, -0.15) is 5.10 Å². The van der Waals surface area contributed by atoms with E-state index in [2.05, 4.69) is 21.2 Å². The fourth-order valence-corrected chi connectivity index (χ4v) is 3.52. The second-order valence-electron chi connectivity index (χ2n) is 6.76. The molecule has 0 aromatic carbocycles. The van der Waals surface area contributed by atoms with Crippen LogP contribution in [0.1, 0.15) is 51.4 Å². The van der Waals surface area contributed by atoms with Gasteiger partial charge in [-0.1, -0.05) is 12.8 Å². The van der Waals surface area contributed by atoms with E-state index in [4.69, 9.17) is 0 Å². The minimum Gasteiger partial charge on any atom is -0.337 e. The van der Waals surface area contributed by atoms with E-state index in [1.807, 2.05) is 0 Å². The molecule has 0 aromatic heterocycles. The lowest BCUT2D eigenvalue weighted by atomic mass is 10.0. The van der Waals surface area contributed by atoms with Crippen LogP contribution < -0.4 is 16.1 Å². The number of likely N-dealkylation sites (tertiary alicyclic amines) is 1. The van der Waals surface area contributed by atoms with E-state index in [-0.39, 0.29) is 23.9 Å². The number of carbonyl (C=O) groups excluding carboxylic acids is 3. The highest BCUT2D eigenvalue weighted by Crippen LogP contribution is 2.18. The van der Waals surface area contributed by atoms with E-state index in [0.29, 0.717) is 37.7 Å². The zero-order valence-corrected chi connectivity index (χ0v) is 13.8. The number of rotatable bonds is 3. The molecule has 1 saturated heterocycles. The predicted octanol–water partition coefficient (Wildman–Crippen LogP) is 0.485. The number of piperidine rings is 1. The average Bonchev–Trinajstić information content (AvgIpc) is 3.08. The molecule has 1 aliphatic carbocycles. The van der Waals surface area contributed by atoms with Crippen molar-refractivity contribution < 1.29 is 14.4 Å². The summed E-state index contributed by atoms with van der Waals surface area (Å²) >= 11 is 0. The van der Waals surface area contributed by atoms with Gasteiger partial charge in [0, 0.05) is 38.0 Å². The summed E-state index contributed by atoms with van der Waals surface area (Å²) in [6.45, 7) is 1.19. The molecular weight excluding hydrogens is 310 g/mol. The Balaban J connectivity index is 1.41. The topological polar surface area (TPSA) is 103 Å². The first-order valence-corrected chi connectivity index (χ1v) is 8.83. The first kappa shape index (κ1) is 16.7. The number of nitrogens with one attached hydrogen (secondary N) is 3. The molecule has 0 spiro atoms. The lowest BCUT2D eigenvalue weighted by molar-refractivity contribution is -0.125. The van der Waals surface area contributed by atoms with E-state index in [9.17, 15) is 14.4 Å². The minimum absolute atomic E-state index is 0.0916. The fraction of sp³-hybridized carbons (Fsp3) is 0.750. The zero-order chi connectivity index (χ0) is 16.9. The van der Waals surface area contributed by atoms with Crippen molar-refractivity contribution in [3.63, 3.8) is 0 Å². The predicted molar refractivity (Wildman–Crippen MR) is 88.3 cm³/mol. The quantitative estimate of drug-likeness (QED) is 0.699. The van der Waals surface area contributed by atoms with Crippen LogP contribution in [-0.4, -0.2) is 53.6 Å². The van der Waals surface area contributed by atoms with E-state index in [0.717, 1.165) is 25.7 Å². The Hall–Kier alpha value is -2.12. The summed E-state index contributed by atoms with van der Waals surface area (Å²) in [5, 5.41) is 9.90. The van der Waals surface area contributed by atoms with Crippen molar-refractivity contribution >= 4 is 23.6 Å². The summed E-state index contributed by atoms with van der Waals surface area (Å²) < 4.78 is 0. The van der Waals surface area contributed by atoms with E-state index < -0.39 is 0 Å². The molecule has 3 N–H and O–H groups in total. The van der Waals surface area contributed by atoms with Crippen LogP contribution in [0.3, 0.4) is 0 Å². The van der Waals surface area contributed by atoms with Gasteiger partial charge in [-0.25, -0.2) is 10.2 Å². The molecule has 0 atom stereocenters. The van der Waals surface area contributed by atoms with Gasteiger partial charge >= 0.3 is 6.03 Å². The Morgan fingerprint density at radius 2 is 1.62 bits per heavy atom. The van der Waals surface area contributed by atoms with Crippen LogP contribution in [0.25, 0.3) is 0 Å². The van der Waals surface area contributed by atoms with Crippen molar-refractivity contribution in [3.8, 4) is 0 Å². The summed E-state index contributed by atoms with van der Waals surface area (Å²) in [5.74, 6) is -0.258. The first-order valence-electron chi connectivity index (χ1n) is 8.83. The highest BCUT2D eigenvalue weighted by Gasteiger charge is 2.28. The number of hydrogen-bond donors (Lipinski definition) is 3. The molecular formula is C16H25N5O3. The summed E-state index contributed by atoms with van der Waals surface area (Å²) in [7, 11) is 0. The molecule has 1 saturated carbocycles. The molecule has 24 heavy (non-hydrogen) atoms. The maximum Gasteiger partial charge on any atom is 0.315 e. The SMILES string of the molecule is O=C1CCC(C(=O)N2CCC(NC(=O)NC3CCCC3)CC2)=NN1. The summed E-state index contributed by atoms with van der Waals surface area (Å²) in [6, 6.07) is 0.320. The zero-order valence-electron chi connectivity index (χ0n) is 13.8. The van der Waals surface area contributed by atoms with Crippen LogP contribution in [0.5, 0.6) is 0 Å². The smallest absolute Gasteiger partial charge is 0.315 e. The molecule has 2 fully saturated rings. The number of carbonyl (C=O) groups is 3. The summed E-state index contributed by atoms with van der Waals surface area (Å²) in [4.78, 5) is 37.2. The maximum absolute atomic E-state index is 12.4.